The molecule has 7 heteroatoms. The van der Waals surface area contributed by atoms with Gasteiger partial charge in [0.25, 0.3) is 0 Å². The Hall–Kier alpha value is -1.86. The van der Waals surface area contributed by atoms with E-state index in [0.717, 1.165) is 12.1 Å². The van der Waals surface area contributed by atoms with E-state index in [9.17, 15) is 13.9 Å². The van der Waals surface area contributed by atoms with Crippen molar-refractivity contribution in [2.75, 3.05) is 6.61 Å². The minimum atomic E-state index is -1.63. The number of aromatic nitrogens is 3. The molecule has 2 rings (SSSR count). The van der Waals surface area contributed by atoms with Gasteiger partial charge in [-0.15, -0.1) is 0 Å². The molecule has 0 aliphatic heterocycles. The topological polar surface area (TPSA) is 71.2 Å². The molecule has 0 unspecified atom stereocenters. The standard InChI is InChI=1S/C14H17F2N3O2/c1-10(4-5-20)14(21,7-19-9-17-8-18-19)12-3-2-11(15)6-13(12)16/h2-3,6,8-10,20-21H,4-5,7H2,1H3/t10-,14-/m0/s1. The summed E-state index contributed by atoms with van der Waals surface area (Å²) in [6, 6.07) is 3.04. The van der Waals surface area contributed by atoms with E-state index in [-0.39, 0.29) is 25.1 Å². The fourth-order valence-corrected chi connectivity index (χ4v) is 2.34. The van der Waals surface area contributed by atoms with E-state index >= 15 is 0 Å². The van der Waals surface area contributed by atoms with E-state index in [4.69, 9.17) is 5.11 Å². The van der Waals surface area contributed by atoms with Gasteiger partial charge < -0.3 is 10.2 Å². The highest BCUT2D eigenvalue weighted by Gasteiger charge is 2.38. The van der Waals surface area contributed by atoms with Crippen molar-refractivity contribution in [3.05, 3.63) is 48.1 Å². The zero-order valence-electron chi connectivity index (χ0n) is 11.6. The van der Waals surface area contributed by atoms with Gasteiger partial charge in [-0.1, -0.05) is 13.0 Å². The summed E-state index contributed by atoms with van der Waals surface area (Å²) >= 11 is 0. The van der Waals surface area contributed by atoms with Gasteiger partial charge in [0.05, 0.1) is 6.54 Å². The van der Waals surface area contributed by atoms with Gasteiger partial charge in [0.1, 0.15) is 29.9 Å². The summed E-state index contributed by atoms with van der Waals surface area (Å²) in [7, 11) is 0. The Kier molecular flexibility index (Phi) is 4.64. The predicted molar refractivity (Wildman–Crippen MR) is 71.1 cm³/mol. The fraction of sp³-hybridized carbons (Fsp3) is 0.429. The maximum atomic E-state index is 14.1. The molecule has 0 aliphatic rings. The SMILES string of the molecule is C[C@@H](CCO)[C@@](O)(Cn1cncn1)c1ccc(F)cc1F. The van der Waals surface area contributed by atoms with Crippen LogP contribution in [-0.4, -0.2) is 31.6 Å². The number of benzene rings is 1. The Bertz CT molecular complexity index is 592. The molecule has 0 spiro atoms. The second-order valence-electron chi connectivity index (χ2n) is 5.05. The predicted octanol–water partition coefficient (Wildman–Crippen LogP) is 1.46. The molecule has 2 aromatic rings. The summed E-state index contributed by atoms with van der Waals surface area (Å²) in [6.45, 7) is 1.50. The summed E-state index contributed by atoms with van der Waals surface area (Å²) < 4.78 is 28.5. The Balaban J connectivity index is 2.43. The average Bonchev–Trinajstić information content (AvgIpc) is 2.91. The monoisotopic (exact) mass is 297 g/mol. The molecule has 0 saturated heterocycles. The molecule has 0 saturated carbocycles. The minimum Gasteiger partial charge on any atom is -0.396 e. The molecular formula is C14H17F2N3O2. The van der Waals surface area contributed by atoms with Crippen LogP contribution in [0.4, 0.5) is 8.78 Å². The second-order valence-corrected chi connectivity index (χ2v) is 5.05. The van der Waals surface area contributed by atoms with Gasteiger partial charge in [-0.25, -0.2) is 18.4 Å². The van der Waals surface area contributed by atoms with Gasteiger partial charge in [0.2, 0.25) is 0 Å². The number of rotatable bonds is 6. The van der Waals surface area contributed by atoms with E-state index < -0.39 is 23.2 Å². The number of nitrogens with zero attached hydrogens (tertiary/aromatic N) is 3. The van der Waals surface area contributed by atoms with Crippen molar-refractivity contribution in [2.24, 2.45) is 5.92 Å². The van der Waals surface area contributed by atoms with Crippen molar-refractivity contribution in [1.29, 1.82) is 0 Å². The van der Waals surface area contributed by atoms with Gasteiger partial charge in [-0.2, -0.15) is 5.10 Å². The van der Waals surface area contributed by atoms with Crippen LogP contribution in [0.25, 0.3) is 0 Å². The van der Waals surface area contributed by atoms with Crippen LogP contribution in [0.3, 0.4) is 0 Å². The number of aliphatic hydroxyl groups excluding tert-OH is 1. The van der Waals surface area contributed by atoms with Crippen LogP contribution >= 0.6 is 0 Å². The zero-order valence-corrected chi connectivity index (χ0v) is 11.6. The quantitative estimate of drug-likeness (QED) is 0.847. The molecule has 1 aromatic carbocycles. The van der Waals surface area contributed by atoms with Crippen LogP contribution in [0.1, 0.15) is 18.9 Å². The van der Waals surface area contributed by atoms with Gasteiger partial charge in [0, 0.05) is 18.2 Å². The van der Waals surface area contributed by atoms with E-state index in [1.165, 1.54) is 23.4 Å². The number of hydrogen-bond donors (Lipinski definition) is 2. The van der Waals surface area contributed by atoms with E-state index in [0.29, 0.717) is 0 Å². The van der Waals surface area contributed by atoms with Crippen LogP contribution in [0, 0.1) is 17.6 Å². The Morgan fingerprint density at radius 1 is 1.38 bits per heavy atom. The first-order valence-corrected chi connectivity index (χ1v) is 6.58. The Morgan fingerprint density at radius 3 is 2.71 bits per heavy atom. The Labute approximate surface area is 120 Å². The lowest BCUT2D eigenvalue weighted by molar-refractivity contribution is -0.0462. The molecule has 0 bridgehead atoms. The van der Waals surface area contributed by atoms with Crippen molar-refractivity contribution >= 4 is 0 Å². The lowest BCUT2D eigenvalue weighted by Gasteiger charge is -2.34. The van der Waals surface area contributed by atoms with Crippen LogP contribution in [0.2, 0.25) is 0 Å². The summed E-state index contributed by atoms with van der Waals surface area (Å²) in [4.78, 5) is 3.78. The van der Waals surface area contributed by atoms with Crippen molar-refractivity contribution in [3.8, 4) is 0 Å². The van der Waals surface area contributed by atoms with Crippen molar-refractivity contribution in [2.45, 2.75) is 25.5 Å². The third-order valence-electron chi connectivity index (χ3n) is 3.64. The van der Waals surface area contributed by atoms with Gasteiger partial charge in [0.15, 0.2) is 0 Å². The molecule has 21 heavy (non-hydrogen) atoms. The number of hydrogen-bond acceptors (Lipinski definition) is 4. The highest BCUT2D eigenvalue weighted by molar-refractivity contribution is 5.26. The Morgan fingerprint density at radius 2 is 2.14 bits per heavy atom. The van der Waals surface area contributed by atoms with Crippen LogP contribution < -0.4 is 0 Å². The third kappa shape index (κ3) is 3.25. The molecular weight excluding hydrogens is 280 g/mol. The first-order valence-electron chi connectivity index (χ1n) is 6.58. The average molecular weight is 297 g/mol. The first kappa shape index (κ1) is 15.5. The van der Waals surface area contributed by atoms with Crippen molar-refractivity contribution < 1.29 is 19.0 Å². The lowest BCUT2D eigenvalue weighted by Crippen LogP contribution is -2.39. The summed E-state index contributed by atoms with van der Waals surface area (Å²) in [5.74, 6) is -2.01. The fourth-order valence-electron chi connectivity index (χ4n) is 2.34. The molecule has 114 valence electrons. The van der Waals surface area contributed by atoms with Crippen molar-refractivity contribution in [3.63, 3.8) is 0 Å². The van der Waals surface area contributed by atoms with Crippen LogP contribution in [0.15, 0.2) is 30.9 Å². The van der Waals surface area contributed by atoms with Gasteiger partial charge >= 0.3 is 0 Å². The maximum absolute atomic E-state index is 14.1. The third-order valence-corrected chi connectivity index (χ3v) is 3.64. The van der Waals surface area contributed by atoms with E-state index in [1.807, 2.05) is 0 Å². The molecule has 1 heterocycles. The molecule has 2 N–H and O–H groups in total. The highest BCUT2D eigenvalue weighted by atomic mass is 19.1. The van der Waals surface area contributed by atoms with Crippen LogP contribution in [-0.2, 0) is 12.1 Å². The molecule has 5 nitrogen and oxygen atoms in total. The van der Waals surface area contributed by atoms with Crippen molar-refractivity contribution in [1.82, 2.24) is 14.8 Å². The number of halogens is 2. The van der Waals surface area contributed by atoms with Crippen LogP contribution in [0.5, 0.6) is 0 Å². The molecule has 0 aliphatic carbocycles. The smallest absolute Gasteiger partial charge is 0.137 e. The van der Waals surface area contributed by atoms with E-state index in [2.05, 4.69) is 10.1 Å². The largest absolute Gasteiger partial charge is 0.396 e. The molecule has 0 fully saturated rings. The second kappa shape index (κ2) is 6.28. The first-order chi connectivity index (χ1) is 9.97. The molecule has 2 atom stereocenters. The normalized spacial score (nSPS) is 15.7. The molecule has 1 aromatic heterocycles. The molecule has 0 radical (unpaired) electrons. The summed E-state index contributed by atoms with van der Waals surface area (Å²) in [5, 5.41) is 24.0. The number of aliphatic hydroxyl groups is 2. The summed E-state index contributed by atoms with van der Waals surface area (Å²) in [6.07, 6.45) is 2.97. The highest BCUT2D eigenvalue weighted by Crippen LogP contribution is 2.35. The minimum absolute atomic E-state index is 0.0275. The molecule has 0 amide bonds. The zero-order chi connectivity index (χ0) is 15.5. The van der Waals surface area contributed by atoms with Gasteiger partial charge in [-0.05, 0) is 18.4 Å². The lowest BCUT2D eigenvalue weighted by atomic mass is 9.80. The summed E-state index contributed by atoms with van der Waals surface area (Å²) in [5.41, 5.74) is -1.66. The maximum Gasteiger partial charge on any atom is 0.137 e. The van der Waals surface area contributed by atoms with E-state index in [1.54, 1.807) is 6.92 Å². The van der Waals surface area contributed by atoms with Gasteiger partial charge in [-0.3, -0.25) is 0 Å².